The molecule has 0 aromatic heterocycles. The van der Waals surface area contributed by atoms with Gasteiger partial charge in [0.1, 0.15) is 11.1 Å². The average Bonchev–Trinajstić information content (AvgIpc) is 2.17. The highest BCUT2D eigenvalue weighted by Crippen LogP contribution is 2.37. The van der Waals surface area contributed by atoms with Crippen molar-refractivity contribution >= 4 is 12.7 Å². The standard InChI is InChI=1S/C7H10N3O4P/c8-4-5-1-2-6(11)3-7(5)15(9,14)10(12)13/h1-3,11H,4,8H2,(H2,9,14). The Labute approximate surface area is 85.3 Å². The molecule has 0 bridgehead atoms. The molecule has 0 saturated carbocycles. The Hall–Kier alpha value is -1.43. The number of hydrogen-bond acceptors (Lipinski definition) is 5. The molecule has 0 aliphatic carbocycles. The largest absolute Gasteiger partial charge is 0.508 e. The molecule has 0 fully saturated rings. The van der Waals surface area contributed by atoms with Gasteiger partial charge in [0.15, 0.2) is 0 Å². The first-order valence-electron chi connectivity index (χ1n) is 3.95. The molecule has 0 spiro atoms. The molecule has 1 aromatic rings. The Bertz CT molecular complexity index is 448. The third kappa shape index (κ3) is 2.15. The summed E-state index contributed by atoms with van der Waals surface area (Å²) in [5.74, 6) is -0.241. The highest BCUT2D eigenvalue weighted by molar-refractivity contribution is 7.63. The topological polar surface area (TPSA) is 132 Å². The van der Waals surface area contributed by atoms with Gasteiger partial charge in [0.25, 0.3) is 0 Å². The van der Waals surface area contributed by atoms with Crippen LogP contribution in [0.4, 0.5) is 0 Å². The van der Waals surface area contributed by atoms with Gasteiger partial charge in [-0.25, -0.2) is 10.1 Å². The SMILES string of the molecule is NCc1ccc(O)cc1P(N)(=O)[N+](=O)[O-]. The zero-order valence-electron chi connectivity index (χ0n) is 7.66. The summed E-state index contributed by atoms with van der Waals surface area (Å²) in [6.45, 7) is -0.0371. The third-order valence-corrected chi connectivity index (χ3v) is 3.47. The smallest absolute Gasteiger partial charge is 0.472 e. The lowest BCUT2D eigenvalue weighted by atomic mass is 10.2. The average molecular weight is 231 g/mol. The second-order valence-electron chi connectivity index (χ2n) is 2.88. The molecule has 8 heteroatoms. The van der Waals surface area contributed by atoms with E-state index in [1.165, 1.54) is 12.1 Å². The van der Waals surface area contributed by atoms with Gasteiger partial charge >= 0.3 is 7.44 Å². The van der Waals surface area contributed by atoms with Crippen LogP contribution in [-0.2, 0) is 11.1 Å². The van der Waals surface area contributed by atoms with Crippen molar-refractivity contribution in [2.24, 2.45) is 11.2 Å². The maximum atomic E-state index is 11.6. The van der Waals surface area contributed by atoms with Crippen molar-refractivity contribution in [2.45, 2.75) is 6.54 Å². The molecule has 1 rings (SSSR count). The van der Waals surface area contributed by atoms with Crippen LogP contribution in [0.1, 0.15) is 5.56 Å². The van der Waals surface area contributed by atoms with Gasteiger partial charge in [0.05, 0.1) is 4.69 Å². The Kier molecular flexibility index (Phi) is 3.09. The van der Waals surface area contributed by atoms with Gasteiger partial charge in [-0.3, -0.25) is 10.1 Å². The first kappa shape index (κ1) is 11.6. The van der Waals surface area contributed by atoms with Crippen molar-refractivity contribution < 1.29 is 14.4 Å². The molecule has 82 valence electrons. The van der Waals surface area contributed by atoms with E-state index in [0.29, 0.717) is 0 Å². The Morgan fingerprint density at radius 1 is 1.53 bits per heavy atom. The molecule has 0 saturated heterocycles. The normalized spacial score (nSPS) is 14.5. The predicted octanol–water partition coefficient (Wildman–Crippen LogP) is -0.0953. The predicted molar refractivity (Wildman–Crippen MR) is 54.4 cm³/mol. The molecule has 0 heterocycles. The van der Waals surface area contributed by atoms with E-state index in [1.807, 2.05) is 0 Å². The maximum Gasteiger partial charge on any atom is 0.472 e. The van der Waals surface area contributed by atoms with Gasteiger partial charge < -0.3 is 10.8 Å². The van der Waals surface area contributed by atoms with Crippen molar-refractivity contribution in [2.75, 3.05) is 0 Å². The number of nitrogens with two attached hydrogens (primary N) is 2. The molecule has 1 atom stereocenters. The van der Waals surface area contributed by atoms with E-state index in [9.17, 15) is 14.7 Å². The first-order valence-corrected chi connectivity index (χ1v) is 5.68. The van der Waals surface area contributed by atoms with Gasteiger partial charge in [0, 0.05) is 6.54 Å². The summed E-state index contributed by atoms with van der Waals surface area (Å²) in [4.78, 5) is 10.5. The highest BCUT2D eigenvalue weighted by Gasteiger charge is 2.35. The number of rotatable bonds is 3. The summed E-state index contributed by atoms with van der Waals surface area (Å²) in [6.07, 6.45) is 0. The molecule has 7 nitrogen and oxygen atoms in total. The Balaban J connectivity index is 3.41. The minimum atomic E-state index is -4.22. The zero-order valence-corrected chi connectivity index (χ0v) is 8.55. The zero-order chi connectivity index (χ0) is 11.6. The minimum absolute atomic E-state index is 0.0371. The monoisotopic (exact) mass is 231 g/mol. The highest BCUT2D eigenvalue weighted by atomic mass is 31.2. The van der Waals surface area contributed by atoms with Crippen molar-refractivity contribution in [3.8, 4) is 5.75 Å². The summed E-state index contributed by atoms with van der Waals surface area (Å²) in [7, 11) is -4.22. The van der Waals surface area contributed by atoms with Gasteiger partial charge in [-0.2, -0.15) is 0 Å². The molecule has 15 heavy (non-hydrogen) atoms. The first-order chi connectivity index (χ1) is 6.89. The van der Waals surface area contributed by atoms with Crippen LogP contribution >= 0.6 is 7.44 Å². The number of phenols is 1. The van der Waals surface area contributed by atoms with Crippen LogP contribution in [0.25, 0.3) is 0 Å². The summed E-state index contributed by atoms with van der Waals surface area (Å²) in [5, 5.41) is 19.4. The maximum absolute atomic E-state index is 11.6. The summed E-state index contributed by atoms with van der Waals surface area (Å²) in [5.41, 5.74) is 10.7. The van der Waals surface area contributed by atoms with Gasteiger partial charge in [-0.1, -0.05) is 6.07 Å². The quantitative estimate of drug-likeness (QED) is 0.378. The summed E-state index contributed by atoms with van der Waals surface area (Å²) < 4.78 is 10.5. The minimum Gasteiger partial charge on any atom is -0.508 e. The van der Waals surface area contributed by atoms with Gasteiger partial charge in [0.2, 0.25) is 0 Å². The molecule has 0 radical (unpaired) electrons. The van der Waals surface area contributed by atoms with Crippen LogP contribution in [0.2, 0.25) is 0 Å². The number of benzene rings is 1. The number of aromatic hydroxyl groups is 1. The van der Waals surface area contributed by atoms with Crippen molar-refractivity contribution in [3.63, 3.8) is 0 Å². The van der Waals surface area contributed by atoms with Crippen LogP contribution in [0.5, 0.6) is 5.75 Å². The van der Waals surface area contributed by atoms with Crippen molar-refractivity contribution in [1.29, 1.82) is 0 Å². The van der Waals surface area contributed by atoms with Crippen LogP contribution in [0.15, 0.2) is 18.2 Å². The lowest BCUT2D eigenvalue weighted by molar-refractivity contribution is -0.311. The van der Waals surface area contributed by atoms with E-state index in [0.717, 1.165) is 6.07 Å². The second kappa shape index (κ2) is 3.98. The molecule has 5 N–H and O–H groups in total. The lowest BCUT2D eigenvalue weighted by Gasteiger charge is -2.08. The molecular weight excluding hydrogens is 221 g/mol. The molecule has 1 aromatic carbocycles. The number of hydrogen-bond donors (Lipinski definition) is 3. The van der Waals surface area contributed by atoms with E-state index in [2.05, 4.69) is 0 Å². The molecule has 0 aliphatic heterocycles. The summed E-state index contributed by atoms with van der Waals surface area (Å²) in [6, 6.07) is 3.66. The fourth-order valence-corrected chi connectivity index (χ4v) is 2.18. The van der Waals surface area contributed by atoms with Crippen LogP contribution in [0.3, 0.4) is 0 Å². The molecule has 0 amide bonds. The summed E-state index contributed by atoms with van der Waals surface area (Å²) >= 11 is 0. The molecule has 1 unspecified atom stereocenters. The van der Waals surface area contributed by atoms with Crippen molar-refractivity contribution in [3.05, 3.63) is 33.9 Å². The number of nitro groups is 1. The number of phenolic OH excluding ortho intramolecular Hbond substituents is 1. The van der Waals surface area contributed by atoms with Gasteiger partial charge in [-0.15, -0.1) is 0 Å². The van der Waals surface area contributed by atoms with Crippen LogP contribution in [0, 0.1) is 10.1 Å². The van der Waals surface area contributed by atoms with E-state index in [-0.39, 0.29) is 23.2 Å². The molecular formula is C7H10N3O4P. The van der Waals surface area contributed by atoms with Crippen LogP contribution < -0.4 is 16.5 Å². The van der Waals surface area contributed by atoms with Crippen molar-refractivity contribution in [1.82, 2.24) is 0 Å². The molecule has 0 aliphatic rings. The van der Waals surface area contributed by atoms with Gasteiger partial charge in [-0.05, 0) is 17.7 Å². The Morgan fingerprint density at radius 2 is 2.13 bits per heavy atom. The Morgan fingerprint density at radius 3 is 2.60 bits per heavy atom. The second-order valence-corrected chi connectivity index (χ2v) is 4.93. The third-order valence-electron chi connectivity index (χ3n) is 1.88. The number of nitrogens with zero attached hydrogens (tertiary/aromatic N) is 1. The van der Waals surface area contributed by atoms with Crippen LogP contribution in [-0.4, -0.2) is 9.80 Å². The van der Waals surface area contributed by atoms with E-state index in [4.69, 9.17) is 16.3 Å². The van der Waals surface area contributed by atoms with E-state index < -0.39 is 12.1 Å². The van der Waals surface area contributed by atoms with E-state index in [1.54, 1.807) is 0 Å². The fraction of sp³-hybridized carbons (Fsp3) is 0.143. The lowest BCUT2D eigenvalue weighted by Crippen LogP contribution is -2.23. The fourth-order valence-electron chi connectivity index (χ4n) is 1.11. The van der Waals surface area contributed by atoms with E-state index >= 15 is 0 Å².